The minimum atomic E-state index is -0.625. The Morgan fingerprint density at radius 2 is 0.914 bits per heavy atom. The number of benzene rings is 2. The van der Waals surface area contributed by atoms with E-state index in [-0.39, 0.29) is 36.2 Å². The summed E-state index contributed by atoms with van der Waals surface area (Å²) < 4.78 is 15.8. The van der Waals surface area contributed by atoms with Gasteiger partial charge in [0, 0.05) is 11.1 Å². The van der Waals surface area contributed by atoms with E-state index in [1.54, 1.807) is 24.3 Å². The number of esters is 2. The molecule has 35 heavy (non-hydrogen) atoms. The lowest BCUT2D eigenvalue weighted by Crippen LogP contribution is -2.42. The quantitative estimate of drug-likeness (QED) is 0.549. The molecule has 2 amide bonds. The first kappa shape index (κ1) is 27.4. The number of rotatable bonds is 8. The highest BCUT2D eigenvalue weighted by Crippen LogP contribution is 2.22. The largest absolute Gasteiger partial charge is 0.457 e. The van der Waals surface area contributed by atoms with E-state index in [1.807, 2.05) is 41.5 Å². The molecule has 2 aromatic rings. The SMILES string of the molecule is CC(C)(C)NC(=O)COC(=O)c1ccc(Oc2ccc(C(=O)OCC(=O)NC(C)(C)C)cc2)cc1. The lowest BCUT2D eigenvalue weighted by Gasteiger charge is -2.20. The van der Waals surface area contributed by atoms with Gasteiger partial charge in [0.2, 0.25) is 0 Å². The van der Waals surface area contributed by atoms with Gasteiger partial charge in [0.15, 0.2) is 13.2 Å². The maximum absolute atomic E-state index is 12.1. The highest BCUT2D eigenvalue weighted by atomic mass is 16.5. The Kier molecular flexibility index (Phi) is 8.99. The predicted molar refractivity (Wildman–Crippen MR) is 129 cm³/mol. The normalized spacial score (nSPS) is 11.3. The smallest absolute Gasteiger partial charge is 0.338 e. The molecule has 2 aromatic carbocycles. The number of amides is 2. The first-order valence-corrected chi connectivity index (χ1v) is 11.1. The average molecular weight is 485 g/mol. The molecule has 0 unspecified atom stereocenters. The molecule has 0 bridgehead atoms. The Hall–Kier alpha value is -3.88. The first-order chi connectivity index (χ1) is 16.2. The van der Waals surface area contributed by atoms with Crippen LogP contribution in [0.2, 0.25) is 0 Å². The summed E-state index contributed by atoms with van der Waals surface area (Å²) >= 11 is 0. The molecular formula is C26H32N2O7. The van der Waals surface area contributed by atoms with Gasteiger partial charge in [-0.05, 0) is 90.1 Å². The lowest BCUT2D eigenvalue weighted by atomic mass is 10.1. The molecule has 0 heterocycles. The van der Waals surface area contributed by atoms with Crippen LogP contribution in [0.5, 0.6) is 11.5 Å². The summed E-state index contributed by atoms with van der Waals surface area (Å²) in [6.07, 6.45) is 0. The molecule has 0 spiro atoms. The van der Waals surface area contributed by atoms with Crippen LogP contribution in [0.1, 0.15) is 62.3 Å². The van der Waals surface area contributed by atoms with Crippen molar-refractivity contribution in [3.05, 3.63) is 59.7 Å². The molecule has 0 aliphatic rings. The Balaban J connectivity index is 1.86. The molecule has 2 rings (SSSR count). The fourth-order valence-electron chi connectivity index (χ4n) is 2.79. The number of hydrogen-bond acceptors (Lipinski definition) is 7. The van der Waals surface area contributed by atoms with E-state index >= 15 is 0 Å². The second-order valence-electron chi connectivity index (χ2n) is 9.90. The van der Waals surface area contributed by atoms with Gasteiger partial charge >= 0.3 is 11.9 Å². The van der Waals surface area contributed by atoms with Gasteiger partial charge in [0.05, 0.1) is 11.1 Å². The third-order valence-corrected chi connectivity index (χ3v) is 4.11. The van der Waals surface area contributed by atoms with Crippen molar-refractivity contribution in [2.45, 2.75) is 52.6 Å². The number of ether oxygens (including phenoxy) is 3. The summed E-state index contributed by atoms with van der Waals surface area (Å²) in [5.41, 5.74) is -0.281. The number of carbonyl (C=O) groups is 4. The Labute approximate surface area is 205 Å². The van der Waals surface area contributed by atoms with Crippen LogP contribution in [0.15, 0.2) is 48.5 Å². The Bertz CT molecular complexity index is 962. The van der Waals surface area contributed by atoms with Crippen LogP contribution in [0.4, 0.5) is 0 Å². The molecule has 0 aliphatic heterocycles. The van der Waals surface area contributed by atoms with E-state index in [4.69, 9.17) is 14.2 Å². The van der Waals surface area contributed by atoms with Gasteiger partial charge in [-0.2, -0.15) is 0 Å². The van der Waals surface area contributed by atoms with Crippen LogP contribution >= 0.6 is 0 Å². The van der Waals surface area contributed by atoms with Crippen molar-refractivity contribution in [3.63, 3.8) is 0 Å². The van der Waals surface area contributed by atoms with Crippen molar-refractivity contribution in [1.82, 2.24) is 10.6 Å². The molecule has 0 saturated carbocycles. The van der Waals surface area contributed by atoms with E-state index in [1.165, 1.54) is 24.3 Å². The van der Waals surface area contributed by atoms with Crippen molar-refractivity contribution in [2.75, 3.05) is 13.2 Å². The van der Waals surface area contributed by atoms with Gasteiger partial charge in [-0.25, -0.2) is 9.59 Å². The average Bonchev–Trinajstić information content (AvgIpc) is 2.74. The summed E-state index contributed by atoms with van der Waals surface area (Å²) in [7, 11) is 0. The summed E-state index contributed by atoms with van der Waals surface area (Å²) in [5.74, 6) is -1.10. The van der Waals surface area contributed by atoms with Gasteiger partial charge in [0.1, 0.15) is 11.5 Å². The molecule has 0 radical (unpaired) electrons. The van der Waals surface area contributed by atoms with Gasteiger partial charge in [-0.15, -0.1) is 0 Å². The molecule has 188 valence electrons. The highest BCUT2D eigenvalue weighted by Gasteiger charge is 2.17. The predicted octanol–water partition coefficient (Wildman–Crippen LogP) is 3.62. The van der Waals surface area contributed by atoms with Gasteiger partial charge in [-0.1, -0.05) is 0 Å². The molecule has 0 saturated heterocycles. The summed E-state index contributed by atoms with van der Waals surface area (Å²) in [6.45, 7) is 10.3. The first-order valence-electron chi connectivity index (χ1n) is 11.1. The monoisotopic (exact) mass is 484 g/mol. The number of carbonyl (C=O) groups excluding carboxylic acids is 4. The Morgan fingerprint density at radius 1 is 0.600 bits per heavy atom. The topological polar surface area (TPSA) is 120 Å². The fraction of sp³-hybridized carbons (Fsp3) is 0.385. The maximum atomic E-state index is 12.1. The van der Waals surface area contributed by atoms with Crippen LogP contribution in [-0.2, 0) is 19.1 Å². The highest BCUT2D eigenvalue weighted by molar-refractivity contribution is 5.92. The standard InChI is InChI=1S/C26H32N2O7/c1-25(2,3)27-21(29)15-33-23(31)17-7-11-19(12-8-17)35-20-13-9-18(10-14-20)24(32)34-16-22(30)28-26(4,5)6/h7-14H,15-16H2,1-6H3,(H,27,29)(H,28,30). The fourth-order valence-corrected chi connectivity index (χ4v) is 2.79. The van der Waals surface area contributed by atoms with Gasteiger partial charge in [0.25, 0.3) is 11.8 Å². The third kappa shape index (κ3) is 10.3. The molecule has 9 heteroatoms. The van der Waals surface area contributed by atoms with E-state index < -0.39 is 23.0 Å². The zero-order valence-electron chi connectivity index (χ0n) is 20.9. The number of hydrogen-bond donors (Lipinski definition) is 2. The second-order valence-corrected chi connectivity index (χ2v) is 9.90. The van der Waals surface area contributed by atoms with Crippen molar-refractivity contribution >= 4 is 23.8 Å². The molecule has 0 aliphatic carbocycles. The van der Waals surface area contributed by atoms with Crippen molar-refractivity contribution in [2.24, 2.45) is 0 Å². The van der Waals surface area contributed by atoms with Gasteiger partial charge < -0.3 is 24.8 Å². The van der Waals surface area contributed by atoms with Crippen LogP contribution in [0.3, 0.4) is 0 Å². The molecule has 0 aromatic heterocycles. The van der Waals surface area contributed by atoms with Gasteiger partial charge in [-0.3, -0.25) is 9.59 Å². The Morgan fingerprint density at radius 3 is 1.20 bits per heavy atom. The second kappa shape index (κ2) is 11.5. The van der Waals surface area contributed by atoms with Crippen molar-refractivity contribution < 1.29 is 33.4 Å². The van der Waals surface area contributed by atoms with Crippen LogP contribution in [-0.4, -0.2) is 48.0 Å². The van der Waals surface area contributed by atoms with E-state index in [9.17, 15) is 19.2 Å². The van der Waals surface area contributed by atoms with Crippen molar-refractivity contribution in [1.29, 1.82) is 0 Å². The third-order valence-electron chi connectivity index (χ3n) is 4.11. The zero-order chi connectivity index (χ0) is 26.2. The van der Waals surface area contributed by atoms with Crippen molar-refractivity contribution in [3.8, 4) is 11.5 Å². The molecular weight excluding hydrogens is 452 g/mol. The molecule has 0 atom stereocenters. The minimum Gasteiger partial charge on any atom is -0.457 e. The van der Waals surface area contributed by atoms with E-state index in [2.05, 4.69) is 10.6 Å². The lowest BCUT2D eigenvalue weighted by molar-refractivity contribution is -0.126. The number of nitrogens with one attached hydrogen (secondary N) is 2. The molecule has 2 N–H and O–H groups in total. The summed E-state index contributed by atoms with van der Waals surface area (Å²) in [6, 6.07) is 12.4. The molecule has 9 nitrogen and oxygen atoms in total. The van der Waals surface area contributed by atoms with Crippen LogP contribution < -0.4 is 15.4 Å². The summed E-state index contributed by atoms with van der Waals surface area (Å²) in [4.78, 5) is 47.8. The summed E-state index contributed by atoms with van der Waals surface area (Å²) in [5, 5.41) is 5.42. The van der Waals surface area contributed by atoms with Crippen LogP contribution in [0.25, 0.3) is 0 Å². The zero-order valence-corrected chi connectivity index (χ0v) is 20.9. The minimum absolute atomic E-state index is 0.273. The van der Waals surface area contributed by atoms with E-state index in [0.29, 0.717) is 11.5 Å². The molecule has 0 fully saturated rings. The van der Waals surface area contributed by atoms with E-state index in [0.717, 1.165) is 0 Å². The van der Waals surface area contributed by atoms with Crippen LogP contribution in [0, 0.1) is 0 Å². The maximum Gasteiger partial charge on any atom is 0.338 e.